The normalized spacial score (nSPS) is 10.2. The SMILES string of the molecule is Cc1ccc(NC(=O)c2ccc(Cl)cc2O)cc1[N+](=O)[O-]. The highest BCUT2D eigenvalue weighted by Gasteiger charge is 2.15. The van der Waals surface area contributed by atoms with Gasteiger partial charge in [-0.05, 0) is 31.2 Å². The van der Waals surface area contributed by atoms with E-state index in [1.165, 1.54) is 30.3 Å². The number of aromatic hydroxyl groups is 1. The summed E-state index contributed by atoms with van der Waals surface area (Å²) in [6.45, 7) is 1.61. The maximum Gasteiger partial charge on any atom is 0.274 e. The summed E-state index contributed by atoms with van der Waals surface area (Å²) in [5.41, 5.74) is 0.703. The molecule has 108 valence electrons. The smallest absolute Gasteiger partial charge is 0.274 e. The number of phenols is 1. The lowest BCUT2D eigenvalue weighted by atomic mass is 10.1. The predicted molar refractivity (Wildman–Crippen MR) is 78.9 cm³/mol. The second kappa shape index (κ2) is 5.80. The third-order valence-electron chi connectivity index (χ3n) is 2.87. The van der Waals surface area contributed by atoms with Crippen molar-refractivity contribution in [3.05, 3.63) is 62.7 Å². The van der Waals surface area contributed by atoms with Gasteiger partial charge in [0, 0.05) is 22.3 Å². The lowest BCUT2D eigenvalue weighted by molar-refractivity contribution is -0.385. The number of nitro groups is 1. The van der Waals surface area contributed by atoms with Crippen LogP contribution in [0.1, 0.15) is 15.9 Å². The lowest BCUT2D eigenvalue weighted by Gasteiger charge is -2.08. The van der Waals surface area contributed by atoms with Crippen LogP contribution in [-0.4, -0.2) is 15.9 Å². The summed E-state index contributed by atoms with van der Waals surface area (Å²) < 4.78 is 0. The molecule has 0 aromatic heterocycles. The Kier molecular flexibility index (Phi) is 4.09. The maximum absolute atomic E-state index is 12.0. The van der Waals surface area contributed by atoms with Crippen LogP contribution in [0, 0.1) is 17.0 Å². The van der Waals surface area contributed by atoms with Crippen molar-refractivity contribution < 1.29 is 14.8 Å². The minimum Gasteiger partial charge on any atom is -0.507 e. The molecule has 0 aliphatic carbocycles. The molecule has 1 amide bonds. The highest BCUT2D eigenvalue weighted by Crippen LogP contribution is 2.25. The molecule has 0 aliphatic rings. The molecule has 0 unspecified atom stereocenters. The number of benzene rings is 2. The number of hydrogen-bond donors (Lipinski definition) is 2. The number of rotatable bonds is 3. The molecule has 0 bridgehead atoms. The van der Waals surface area contributed by atoms with E-state index in [1.807, 2.05) is 0 Å². The first kappa shape index (κ1) is 14.8. The van der Waals surface area contributed by atoms with Gasteiger partial charge in [0.05, 0.1) is 10.5 Å². The van der Waals surface area contributed by atoms with Crippen molar-refractivity contribution >= 4 is 28.9 Å². The van der Waals surface area contributed by atoms with E-state index in [0.29, 0.717) is 10.6 Å². The number of amides is 1. The van der Waals surface area contributed by atoms with Crippen LogP contribution in [0.15, 0.2) is 36.4 Å². The van der Waals surface area contributed by atoms with E-state index in [4.69, 9.17) is 11.6 Å². The van der Waals surface area contributed by atoms with Crippen molar-refractivity contribution in [2.24, 2.45) is 0 Å². The highest BCUT2D eigenvalue weighted by molar-refractivity contribution is 6.31. The summed E-state index contributed by atoms with van der Waals surface area (Å²) in [6, 6.07) is 8.43. The molecule has 2 N–H and O–H groups in total. The molecule has 0 spiro atoms. The van der Waals surface area contributed by atoms with Gasteiger partial charge in [-0.3, -0.25) is 14.9 Å². The van der Waals surface area contributed by atoms with Gasteiger partial charge >= 0.3 is 0 Å². The molecular formula is C14H11ClN2O4. The van der Waals surface area contributed by atoms with Crippen LogP contribution in [0.4, 0.5) is 11.4 Å². The molecule has 7 heteroatoms. The first-order valence-corrected chi connectivity index (χ1v) is 6.31. The Morgan fingerprint density at radius 2 is 2.00 bits per heavy atom. The molecule has 0 fully saturated rings. The Morgan fingerprint density at radius 1 is 1.29 bits per heavy atom. The molecule has 0 heterocycles. The number of aryl methyl sites for hydroxylation is 1. The standard InChI is InChI=1S/C14H11ClN2O4/c1-8-2-4-10(7-12(8)17(20)21)16-14(19)11-5-3-9(15)6-13(11)18/h2-7,18H,1H3,(H,16,19). The van der Waals surface area contributed by atoms with E-state index in [0.717, 1.165) is 0 Å². The van der Waals surface area contributed by atoms with Gasteiger partial charge in [-0.25, -0.2) is 0 Å². The summed E-state index contributed by atoms with van der Waals surface area (Å²) in [5, 5.41) is 23.3. The third kappa shape index (κ3) is 3.29. The van der Waals surface area contributed by atoms with Crippen LogP contribution < -0.4 is 5.32 Å². The molecule has 2 aromatic carbocycles. The predicted octanol–water partition coefficient (Wildman–Crippen LogP) is 3.51. The Morgan fingerprint density at radius 3 is 2.62 bits per heavy atom. The fraction of sp³-hybridized carbons (Fsp3) is 0.0714. The topological polar surface area (TPSA) is 92.5 Å². The number of carbonyl (C=O) groups is 1. The van der Waals surface area contributed by atoms with Crippen LogP contribution in [0.2, 0.25) is 5.02 Å². The van der Waals surface area contributed by atoms with E-state index < -0.39 is 10.8 Å². The minimum absolute atomic E-state index is 0.0302. The third-order valence-corrected chi connectivity index (χ3v) is 3.10. The van der Waals surface area contributed by atoms with Gasteiger partial charge in [0.15, 0.2) is 0 Å². The summed E-state index contributed by atoms with van der Waals surface area (Å²) in [4.78, 5) is 22.4. The van der Waals surface area contributed by atoms with Crippen LogP contribution in [0.5, 0.6) is 5.75 Å². The first-order chi connectivity index (χ1) is 9.88. The van der Waals surface area contributed by atoms with Crippen molar-refractivity contribution in [1.29, 1.82) is 0 Å². The average Bonchev–Trinajstić information content (AvgIpc) is 2.40. The van der Waals surface area contributed by atoms with E-state index >= 15 is 0 Å². The van der Waals surface area contributed by atoms with Gasteiger partial charge in [-0.2, -0.15) is 0 Å². The van der Waals surface area contributed by atoms with Crippen LogP contribution >= 0.6 is 11.6 Å². The van der Waals surface area contributed by atoms with Crippen molar-refractivity contribution in [1.82, 2.24) is 0 Å². The van der Waals surface area contributed by atoms with Crippen molar-refractivity contribution in [2.75, 3.05) is 5.32 Å². The summed E-state index contributed by atoms with van der Waals surface area (Å²) >= 11 is 5.69. The average molecular weight is 307 g/mol. The quantitative estimate of drug-likeness (QED) is 0.670. The summed E-state index contributed by atoms with van der Waals surface area (Å²) in [6.07, 6.45) is 0. The Bertz CT molecular complexity index is 731. The molecule has 6 nitrogen and oxygen atoms in total. The van der Waals surface area contributed by atoms with Gasteiger partial charge < -0.3 is 10.4 Å². The number of nitrogens with zero attached hydrogens (tertiary/aromatic N) is 1. The Hall–Kier alpha value is -2.60. The number of hydrogen-bond acceptors (Lipinski definition) is 4. The first-order valence-electron chi connectivity index (χ1n) is 5.93. The molecule has 21 heavy (non-hydrogen) atoms. The molecule has 0 atom stereocenters. The maximum atomic E-state index is 12.0. The fourth-order valence-electron chi connectivity index (χ4n) is 1.78. The molecule has 0 aliphatic heterocycles. The van der Waals surface area contributed by atoms with Crippen molar-refractivity contribution in [3.63, 3.8) is 0 Å². The van der Waals surface area contributed by atoms with Gasteiger partial charge in [0.2, 0.25) is 0 Å². The number of carbonyl (C=O) groups excluding carboxylic acids is 1. The van der Waals surface area contributed by atoms with Gasteiger partial charge in [-0.1, -0.05) is 17.7 Å². The monoisotopic (exact) mass is 306 g/mol. The summed E-state index contributed by atoms with van der Waals surface area (Å²) in [5.74, 6) is -0.844. The van der Waals surface area contributed by atoms with Crippen molar-refractivity contribution in [3.8, 4) is 5.75 Å². The van der Waals surface area contributed by atoms with Crippen LogP contribution in [0.3, 0.4) is 0 Å². The van der Waals surface area contributed by atoms with Gasteiger partial charge in [-0.15, -0.1) is 0 Å². The largest absolute Gasteiger partial charge is 0.507 e. The zero-order valence-electron chi connectivity index (χ0n) is 11.0. The van der Waals surface area contributed by atoms with Crippen LogP contribution in [-0.2, 0) is 0 Å². The minimum atomic E-state index is -0.581. The molecular weight excluding hydrogens is 296 g/mol. The molecule has 0 radical (unpaired) electrons. The van der Waals surface area contributed by atoms with E-state index in [9.17, 15) is 20.0 Å². The van der Waals surface area contributed by atoms with Gasteiger partial charge in [0.25, 0.3) is 11.6 Å². The number of nitro benzene ring substituents is 1. The Labute approximate surface area is 125 Å². The fourth-order valence-corrected chi connectivity index (χ4v) is 1.95. The lowest BCUT2D eigenvalue weighted by Crippen LogP contribution is -2.12. The van der Waals surface area contributed by atoms with Crippen molar-refractivity contribution in [2.45, 2.75) is 6.92 Å². The summed E-state index contributed by atoms with van der Waals surface area (Å²) in [7, 11) is 0. The van der Waals surface area contributed by atoms with Gasteiger partial charge in [0.1, 0.15) is 5.75 Å². The van der Waals surface area contributed by atoms with E-state index in [2.05, 4.69) is 5.32 Å². The second-order valence-corrected chi connectivity index (χ2v) is 4.81. The molecule has 2 rings (SSSR count). The number of phenolic OH excluding ortho intramolecular Hbond substituents is 1. The zero-order chi connectivity index (χ0) is 15.6. The number of halogens is 1. The van der Waals surface area contributed by atoms with E-state index in [-0.39, 0.29) is 22.7 Å². The number of nitrogens with one attached hydrogen (secondary N) is 1. The Balaban J connectivity index is 2.27. The molecule has 2 aromatic rings. The zero-order valence-corrected chi connectivity index (χ0v) is 11.7. The molecule has 0 saturated carbocycles. The van der Waals surface area contributed by atoms with Crippen LogP contribution in [0.25, 0.3) is 0 Å². The number of anilines is 1. The second-order valence-electron chi connectivity index (χ2n) is 4.37. The van der Waals surface area contributed by atoms with E-state index in [1.54, 1.807) is 13.0 Å². The molecule has 0 saturated heterocycles. The highest BCUT2D eigenvalue weighted by atomic mass is 35.5.